The second-order valence-corrected chi connectivity index (χ2v) is 9.05. The Morgan fingerprint density at radius 2 is 2.09 bits per heavy atom. The Morgan fingerprint density at radius 3 is 2.79 bits per heavy atom. The van der Waals surface area contributed by atoms with E-state index in [4.69, 9.17) is 9.47 Å². The van der Waals surface area contributed by atoms with Crippen molar-refractivity contribution in [1.29, 1.82) is 0 Å². The van der Waals surface area contributed by atoms with E-state index >= 15 is 0 Å². The molecule has 4 heterocycles. The van der Waals surface area contributed by atoms with Gasteiger partial charge in [0.05, 0.1) is 49.1 Å². The summed E-state index contributed by atoms with van der Waals surface area (Å²) >= 11 is 0. The van der Waals surface area contributed by atoms with Crippen molar-refractivity contribution < 1.29 is 18.7 Å². The molecule has 0 radical (unpaired) electrons. The van der Waals surface area contributed by atoms with Crippen LogP contribution in [0.3, 0.4) is 0 Å². The van der Waals surface area contributed by atoms with E-state index in [2.05, 4.69) is 15.4 Å². The first-order valence-electron chi connectivity index (χ1n) is 11.5. The number of carbonyl (C=O) groups excluding carboxylic acids is 1. The van der Waals surface area contributed by atoms with Gasteiger partial charge in [-0.3, -0.25) is 9.48 Å². The summed E-state index contributed by atoms with van der Waals surface area (Å²) in [5.41, 5.74) is 3.87. The molecule has 1 fully saturated rings. The van der Waals surface area contributed by atoms with E-state index in [1.807, 2.05) is 45.3 Å². The van der Waals surface area contributed by atoms with E-state index in [1.54, 1.807) is 15.8 Å². The molecule has 1 saturated heterocycles. The van der Waals surface area contributed by atoms with Crippen LogP contribution in [0.1, 0.15) is 32.3 Å². The Bertz CT molecular complexity index is 1200. The third kappa shape index (κ3) is 4.53. The Balaban J connectivity index is 1.49. The van der Waals surface area contributed by atoms with Crippen LogP contribution >= 0.6 is 0 Å². The zero-order chi connectivity index (χ0) is 23.8. The van der Waals surface area contributed by atoms with Gasteiger partial charge in [-0.15, -0.1) is 0 Å². The predicted molar refractivity (Wildman–Crippen MR) is 126 cm³/mol. The first kappa shape index (κ1) is 22.5. The highest BCUT2D eigenvalue weighted by Gasteiger charge is 2.34. The van der Waals surface area contributed by atoms with Crippen LogP contribution in [0, 0.1) is 5.82 Å². The number of carbonyl (C=O) groups is 1. The van der Waals surface area contributed by atoms with Gasteiger partial charge in [-0.25, -0.2) is 9.37 Å². The van der Waals surface area contributed by atoms with Gasteiger partial charge in [0.25, 0.3) is 5.91 Å². The highest BCUT2D eigenvalue weighted by molar-refractivity contribution is 6.01. The van der Waals surface area contributed by atoms with Crippen LogP contribution in [-0.2, 0) is 27.9 Å². The fourth-order valence-corrected chi connectivity index (χ4v) is 4.49. The van der Waals surface area contributed by atoms with Crippen LogP contribution in [-0.4, -0.2) is 45.6 Å². The number of ether oxygens (including phenoxy) is 2. The lowest BCUT2D eigenvalue weighted by molar-refractivity contribution is -0.143. The number of fused-ring (bicyclic) bond motifs is 2. The third-order valence-corrected chi connectivity index (χ3v) is 6.08. The van der Waals surface area contributed by atoms with Gasteiger partial charge in [-0.05, 0) is 50.5 Å². The van der Waals surface area contributed by atoms with Crippen molar-refractivity contribution in [3.8, 4) is 11.1 Å². The van der Waals surface area contributed by atoms with Crippen molar-refractivity contribution in [2.24, 2.45) is 7.05 Å². The summed E-state index contributed by atoms with van der Waals surface area (Å²) in [7, 11) is 1.86. The number of aryl methyl sites for hydroxylation is 1. The number of halogens is 1. The van der Waals surface area contributed by atoms with Crippen molar-refractivity contribution >= 4 is 23.1 Å². The zero-order valence-electron chi connectivity index (χ0n) is 19.5. The van der Waals surface area contributed by atoms with Crippen LogP contribution in [0.2, 0.25) is 0 Å². The van der Waals surface area contributed by atoms with Crippen molar-refractivity contribution in [2.45, 2.75) is 51.5 Å². The molecule has 178 valence electrons. The summed E-state index contributed by atoms with van der Waals surface area (Å²) < 4.78 is 27.6. The van der Waals surface area contributed by atoms with Gasteiger partial charge < -0.3 is 19.7 Å². The number of benzene rings is 1. The highest BCUT2D eigenvalue weighted by atomic mass is 19.1. The Morgan fingerprint density at radius 1 is 1.24 bits per heavy atom. The number of nitrogens with one attached hydrogen (secondary N) is 1. The van der Waals surface area contributed by atoms with Crippen LogP contribution in [0.4, 0.5) is 21.6 Å². The number of nitrogens with zero attached hydrogens (tertiary/aromatic N) is 4. The normalized spacial score (nSPS) is 19.9. The number of hydrogen-bond donors (Lipinski definition) is 1. The summed E-state index contributed by atoms with van der Waals surface area (Å²) in [6.07, 6.45) is 5.68. The lowest BCUT2D eigenvalue weighted by Gasteiger charge is -2.33. The number of pyridine rings is 1. The molecule has 1 amide bonds. The van der Waals surface area contributed by atoms with Gasteiger partial charge in [-0.2, -0.15) is 5.10 Å². The minimum atomic E-state index is -0.593. The number of hydrogen-bond acceptors (Lipinski definition) is 6. The first-order chi connectivity index (χ1) is 16.4. The highest BCUT2D eigenvalue weighted by Crippen LogP contribution is 2.39. The smallest absolute Gasteiger partial charge is 0.256 e. The molecule has 0 aliphatic carbocycles. The minimum Gasteiger partial charge on any atom is -0.373 e. The molecule has 0 spiro atoms. The van der Waals surface area contributed by atoms with Gasteiger partial charge in [-0.1, -0.05) is 6.07 Å². The fraction of sp³-hybridized carbons (Fsp3) is 0.400. The maximum absolute atomic E-state index is 14.0. The summed E-state index contributed by atoms with van der Waals surface area (Å²) in [4.78, 5) is 19.6. The monoisotopic (exact) mass is 465 g/mol. The van der Waals surface area contributed by atoms with Crippen molar-refractivity contribution in [3.05, 3.63) is 54.2 Å². The second-order valence-electron chi connectivity index (χ2n) is 9.05. The molecule has 0 saturated carbocycles. The Kier molecular flexibility index (Phi) is 6.05. The molecule has 2 aromatic heterocycles. The quantitative estimate of drug-likeness (QED) is 0.623. The standard InChI is InChI=1S/C25H28FN5O3/c1-15(2)34-20-5-7-23(33-14-20)25(32)31-13-17-8-19(26)11-27-24(17)29-21-6-4-16(9-22(21)31)18-10-28-30(3)12-18/h4,6,8-12,15,20,23H,5,7,13-14H2,1-3H3,(H,27,29)/t20-,23+/m0/s1. The molecule has 8 nitrogen and oxygen atoms in total. The van der Waals surface area contributed by atoms with Crippen LogP contribution in [0.15, 0.2) is 42.9 Å². The number of aromatic nitrogens is 3. The molecule has 9 heteroatoms. The zero-order valence-corrected chi connectivity index (χ0v) is 19.5. The van der Waals surface area contributed by atoms with E-state index in [1.165, 1.54) is 12.3 Å². The number of amides is 1. The molecular formula is C25H28FN5O3. The average Bonchev–Trinajstić information content (AvgIpc) is 3.18. The third-order valence-electron chi connectivity index (χ3n) is 6.08. The molecule has 3 aromatic rings. The Labute approximate surface area is 197 Å². The van der Waals surface area contributed by atoms with E-state index in [-0.39, 0.29) is 24.7 Å². The van der Waals surface area contributed by atoms with Crippen molar-refractivity contribution in [3.63, 3.8) is 0 Å². The molecule has 1 N–H and O–H groups in total. The second kappa shape index (κ2) is 9.15. The molecule has 2 aliphatic rings. The molecule has 1 aromatic carbocycles. The van der Waals surface area contributed by atoms with Gasteiger partial charge in [0.15, 0.2) is 0 Å². The van der Waals surface area contributed by atoms with E-state index < -0.39 is 11.9 Å². The van der Waals surface area contributed by atoms with Crippen molar-refractivity contribution in [2.75, 3.05) is 16.8 Å². The summed E-state index contributed by atoms with van der Waals surface area (Å²) in [6.45, 7) is 4.53. The molecule has 34 heavy (non-hydrogen) atoms. The Hall–Kier alpha value is -3.30. The van der Waals surface area contributed by atoms with Crippen LogP contribution in [0.5, 0.6) is 0 Å². The largest absolute Gasteiger partial charge is 0.373 e. The van der Waals surface area contributed by atoms with E-state index in [0.717, 1.165) is 23.2 Å². The predicted octanol–water partition coefficient (Wildman–Crippen LogP) is 4.18. The van der Waals surface area contributed by atoms with E-state index in [0.29, 0.717) is 30.1 Å². The maximum atomic E-state index is 14.0. The molecular weight excluding hydrogens is 437 g/mol. The number of rotatable bonds is 4. The lowest BCUT2D eigenvalue weighted by Crippen LogP contribution is -2.44. The van der Waals surface area contributed by atoms with Crippen LogP contribution in [0.25, 0.3) is 11.1 Å². The molecule has 2 atom stereocenters. The summed E-state index contributed by atoms with van der Waals surface area (Å²) in [6, 6.07) is 7.24. The van der Waals surface area contributed by atoms with Gasteiger partial charge in [0.2, 0.25) is 0 Å². The van der Waals surface area contributed by atoms with Gasteiger partial charge in [0.1, 0.15) is 17.7 Å². The summed E-state index contributed by atoms with van der Waals surface area (Å²) in [5, 5.41) is 7.53. The molecule has 0 unspecified atom stereocenters. The SMILES string of the molecule is CC(C)O[C@H]1CC[C@H](C(=O)N2Cc3cc(F)cnc3Nc3ccc(-c4cnn(C)c4)cc32)OC1. The van der Waals surface area contributed by atoms with Gasteiger partial charge in [0, 0.05) is 24.4 Å². The topological polar surface area (TPSA) is 81.5 Å². The van der Waals surface area contributed by atoms with E-state index in [9.17, 15) is 9.18 Å². The number of anilines is 3. The lowest BCUT2D eigenvalue weighted by atomic mass is 10.0. The summed E-state index contributed by atoms with van der Waals surface area (Å²) in [5.74, 6) is -0.0777. The maximum Gasteiger partial charge on any atom is 0.256 e. The minimum absolute atomic E-state index is 0.0154. The van der Waals surface area contributed by atoms with Crippen LogP contribution < -0.4 is 10.2 Å². The first-order valence-corrected chi connectivity index (χ1v) is 11.5. The molecule has 5 rings (SSSR count). The average molecular weight is 466 g/mol. The van der Waals surface area contributed by atoms with Gasteiger partial charge >= 0.3 is 0 Å². The van der Waals surface area contributed by atoms with Crippen molar-refractivity contribution in [1.82, 2.24) is 14.8 Å². The molecule has 0 bridgehead atoms. The fourth-order valence-electron chi connectivity index (χ4n) is 4.49. The molecule has 2 aliphatic heterocycles.